The van der Waals surface area contributed by atoms with Crippen LogP contribution in [0.5, 0.6) is 0 Å². The maximum atomic E-state index is 12.3. The van der Waals surface area contributed by atoms with Gasteiger partial charge in [-0.1, -0.05) is 12.2 Å². The second-order valence-corrected chi connectivity index (χ2v) is 8.74. The predicted molar refractivity (Wildman–Crippen MR) is 106 cm³/mol. The Morgan fingerprint density at radius 3 is 2.46 bits per heavy atom. The van der Waals surface area contributed by atoms with Gasteiger partial charge in [-0.15, -0.1) is 11.3 Å². The minimum Gasteiger partial charge on any atom is -0.358 e. The van der Waals surface area contributed by atoms with E-state index in [1.807, 2.05) is 4.90 Å². The van der Waals surface area contributed by atoms with Crippen LogP contribution in [0.25, 0.3) is 0 Å². The molecule has 1 aliphatic heterocycles. The average molecular weight is 411 g/mol. The van der Waals surface area contributed by atoms with E-state index in [4.69, 9.17) is 12.2 Å². The van der Waals surface area contributed by atoms with Crippen molar-refractivity contribution in [1.29, 1.82) is 0 Å². The number of hydrogen-bond donors (Lipinski definition) is 2. The number of thiazole rings is 1. The van der Waals surface area contributed by atoms with E-state index < -0.39 is 10.0 Å². The third-order valence-corrected chi connectivity index (χ3v) is 6.53. The molecule has 1 aromatic heterocycles. The number of benzene rings is 1. The molecule has 3 rings (SSSR count). The molecule has 0 radical (unpaired) electrons. The first kappa shape index (κ1) is 18.7. The van der Waals surface area contributed by atoms with Gasteiger partial charge in [0.2, 0.25) is 0 Å². The Balaban J connectivity index is 1.63. The van der Waals surface area contributed by atoms with Gasteiger partial charge in [-0.2, -0.15) is 0 Å². The molecule has 2 heterocycles. The normalized spacial score (nSPS) is 14.7. The van der Waals surface area contributed by atoms with Crippen molar-refractivity contribution in [2.24, 2.45) is 0 Å². The van der Waals surface area contributed by atoms with Gasteiger partial charge in [-0.05, 0) is 43.5 Å². The maximum absolute atomic E-state index is 12.3. The minimum absolute atomic E-state index is 0.0873. The van der Waals surface area contributed by atoms with Crippen molar-refractivity contribution in [3.05, 3.63) is 35.8 Å². The van der Waals surface area contributed by atoms with Crippen LogP contribution in [-0.4, -0.2) is 42.3 Å². The number of hydrogen-bond acceptors (Lipinski definition) is 6. The molecule has 2 N–H and O–H groups in total. The van der Waals surface area contributed by atoms with Crippen molar-refractivity contribution in [2.45, 2.75) is 24.2 Å². The summed E-state index contributed by atoms with van der Waals surface area (Å²) in [5.41, 5.74) is 0.488. The number of piperidine rings is 1. The van der Waals surface area contributed by atoms with Crippen LogP contribution < -0.4 is 10.0 Å². The van der Waals surface area contributed by atoms with Crippen molar-refractivity contribution in [2.75, 3.05) is 23.1 Å². The van der Waals surface area contributed by atoms with Crippen LogP contribution in [0.2, 0.25) is 0 Å². The fourth-order valence-corrected chi connectivity index (χ4v) is 4.61. The Hall–Kier alpha value is -2.04. The molecule has 0 atom stereocenters. The van der Waals surface area contributed by atoms with Gasteiger partial charge in [0.1, 0.15) is 0 Å². The lowest BCUT2D eigenvalue weighted by Gasteiger charge is -2.28. The summed E-state index contributed by atoms with van der Waals surface area (Å²) in [4.78, 5) is 18.4. The molecular weight excluding hydrogens is 392 g/mol. The van der Waals surface area contributed by atoms with Crippen molar-refractivity contribution in [1.82, 2.24) is 9.88 Å². The summed E-state index contributed by atoms with van der Waals surface area (Å²) in [6, 6.07) is 5.92. The number of anilines is 2. The molecular formula is C16H18N4O3S3. The summed E-state index contributed by atoms with van der Waals surface area (Å²) in [7, 11) is -3.71. The van der Waals surface area contributed by atoms with Crippen LogP contribution in [0.4, 0.5) is 10.8 Å². The number of aromatic nitrogens is 1. The molecule has 1 aliphatic rings. The van der Waals surface area contributed by atoms with Crippen LogP contribution in [0.15, 0.2) is 40.7 Å². The molecule has 0 saturated carbocycles. The number of nitrogens with zero attached hydrogens (tertiary/aromatic N) is 2. The number of nitrogens with one attached hydrogen (secondary N) is 2. The monoisotopic (exact) mass is 410 g/mol. The summed E-state index contributed by atoms with van der Waals surface area (Å²) in [6.07, 6.45) is 4.75. The van der Waals surface area contributed by atoms with Crippen molar-refractivity contribution >= 4 is 55.3 Å². The summed E-state index contributed by atoms with van der Waals surface area (Å²) >= 11 is 6.44. The summed E-state index contributed by atoms with van der Waals surface area (Å²) in [6.45, 7) is 1.59. The molecule has 2 aromatic rings. The average Bonchev–Trinajstić information content (AvgIpc) is 3.14. The highest BCUT2D eigenvalue weighted by Gasteiger charge is 2.20. The van der Waals surface area contributed by atoms with Gasteiger partial charge in [0, 0.05) is 30.4 Å². The lowest BCUT2D eigenvalue weighted by atomic mass is 10.1. The van der Waals surface area contributed by atoms with E-state index in [1.165, 1.54) is 41.8 Å². The van der Waals surface area contributed by atoms with Gasteiger partial charge in [0.15, 0.2) is 10.1 Å². The fraction of sp³-hybridized carbons (Fsp3) is 0.312. The van der Waals surface area contributed by atoms with Crippen LogP contribution in [0, 0.1) is 0 Å². The van der Waals surface area contributed by atoms with E-state index in [0.29, 0.717) is 10.8 Å². The lowest BCUT2D eigenvalue weighted by Crippen LogP contribution is -2.41. The minimum atomic E-state index is -3.71. The number of amides is 1. The van der Waals surface area contributed by atoms with Gasteiger partial charge in [0.25, 0.3) is 15.9 Å². The van der Waals surface area contributed by atoms with Crippen LogP contribution in [-0.2, 0) is 14.8 Å². The highest BCUT2D eigenvalue weighted by molar-refractivity contribution is 7.93. The molecule has 1 amide bonds. The molecule has 1 saturated heterocycles. The first-order chi connectivity index (χ1) is 12.5. The van der Waals surface area contributed by atoms with Crippen LogP contribution in [0.3, 0.4) is 0 Å². The number of carbonyl (C=O) groups is 1. The van der Waals surface area contributed by atoms with E-state index in [0.717, 1.165) is 32.4 Å². The summed E-state index contributed by atoms with van der Waals surface area (Å²) < 4.78 is 27.0. The quantitative estimate of drug-likeness (QED) is 0.753. The third kappa shape index (κ3) is 4.57. The van der Waals surface area contributed by atoms with Gasteiger partial charge in [0.05, 0.1) is 4.90 Å². The molecule has 0 bridgehead atoms. The van der Waals surface area contributed by atoms with Crippen LogP contribution >= 0.6 is 23.6 Å². The standard InChI is InChI=1S/C16H18N4O3S3/c21-14(15(24)20-9-2-1-3-10-20)18-12-4-6-13(7-5-12)26(22,23)19-16-17-8-11-25-16/h4-8,11H,1-3,9-10H2,(H,17,19)(H,18,21). The molecule has 7 nitrogen and oxygen atoms in total. The Kier molecular flexibility index (Phi) is 5.84. The van der Waals surface area contributed by atoms with E-state index in [-0.39, 0.29) is 15.8 Å². The molecule has 26 heavy (non-hydrogen) atoms. The zero-order chi connectivity index (χ0) is 18.6. The number of thiocarbonyl (C=S) groups is 1. The number of likely N-dealkylation sites (tertiary alicyclic amines) is 1. The molecule has 1 fully saturated rings. The highest BCUT2D eigenvalue weighted by Crippen LogP contribution is 2.20. The molecule has 0 unspecified atom stereocenters. The second-order valence-electron chi connectivity index (χ2n) is 5.77. The second kappa shape index (κ2) is 8.11. The van der Waals surface area contributed by atoms with Gasteiger partial charge >= 0.3 is 0 Å². The SMILES string of the molecule is O=C(Nc1ccc(S(=O)(=O)Nc2nccs2)cc1)C(=S)N1CCCCC1. The van der Waals surface area contributed by atoms with E-state index in [1.54, 1.807) is 5.38 Å². The molecule has 0 aliphatic carbocycles. The van der Waals surface area contributed by atoms with Gasteiger partial charge < -0.3 is 10.2 Å². The zero-order valence-electron chi connectivity index (χ0n) is 13.8. The largest absolute Gasteiger partial charge is 0.358 e. The molecule has 10 heteroatoms. The topological polar surface area (TPSA) is 91.4 Å². The third-order valence-electron chi connectivity index (χ3n) is 3.91. The van der Waals surface area contributed by atoms with E-state index in [9.17, 15) is 13.2 Å². The van der Waals surface area contributed by atoms with Crippen molar-refractivity contribution < 1.29 is 13.2 Å². The Morgan fingerprint density at radius 2 is 1.85 bits per heavy atom. The fourth-order valence-electron chi connectivity index (χ4n) is 2.59. The summed E-state index contributed by atoms with van der Waals surface area (Å²) in [5.74, 6) is -0.349. The lowest BCUT2D eigenvalue weighted by molar-refractivity contribution is -0.110. The summed E-state index contributed by atoms with van der Waals surface area (Å²) in [5, 5.41) is 4.70. The molecule has 0 spiro atoms. The number of rotatable bonds is 4. The van der Waals surface area contributed by atoms with Gasteiger partial charge in [-0.25, -0.2) is 13.4 Å². The van der Waals surface area contributed by atoms with E-state index in [2.05, 4.69) is 15.0 Å². The Labute approximate surface area is 161 Å². The molecule has 1 aromatic carbocycles. The number of carbonyl (C=O) groups excluding carboxylic acids is 1. The molecule has 138 valence electrons. The Bertz CT molecular complexity index is 874. The van der Waals surface area contributed by atoms with Crippen molar-refractivity contribution in [3.8, 4) is 0 Å². The van der Waals surface area contributed by atoms with Crippen molar-refractivity contribution in [3.63, 3.8) is 0 Å². The van der Waals surface area contributed by atoms with Crippen LogP contribution in [0.1, 0.15) is 19.3 Å². The van der Waals surface area contributed by atoms with Gasteiger partial charge in [-0.3, -0.25) is 9.52 Å². The highest BCUT2D eigenvalue weighted by atomic mass is 32.2. The van der Waals surface area contributed by atoms with E-state index >= 15 is 0 Å². The predicted octanol–water partition coefficient (Wildman–Crippen LogP) is 2.70. The first-order valence-electron chi connectivity index (χ1n) is 8.08. The number of sulfonamides is 1. The Morgan fingerprint density at radius 1 is 1.15 bits per heavy atom. The smallest absolute Gasteiger partial charge is 0.283 e. The zero-order valence-corrected chi connectivity index (χ0v) is 16.3. The maximum Gasteiger partial charge on any atom is 0.283 e. The first-order valence-corrected chi connectivity index (χ1v) is 10.9.